The van der Waals surface area contributed by atoms with Gasteiger partial charge in [0.2, 0.25) is 0 Å². The van der Waals surface area contributed by atoms with Crippen LogP contribution in [0.3, 0.4) is 0 Å². The van der Waals surface area contributed by atoms with Gasteiger partial charge in [-0.2, -0.15) is 13.2 Å². The molecular weight excluding hydrogens is 267 g/mol. The molecule has 20 heavy (non-hydrogen) atoms. The lowest BCUT2D eigenvalue weighted by atomic mass is 10.1. The third-order valence-electron chi connectivity index (χ3n) is 2.83. The molecule has 1 aromatic carbocycles. The molecule has 106 valence electrons. The number of nitrogens with one attached hydrogen (secondary N) is 1. The van der Waals surface area contributed by atoms with Crippen molar-refractivity contribution in [1.82, 2.24) is 4.98 Å². The summed E-state index contributed by atoms with van der Waals surface area (Å²) in [4.78, 5) is 4.12. The molecule has 0 aliphatic rings. The highest BCUT2D eigenvalue weighted by Gasteiger charge is 2.33. The number of aryl methyl sites for hydroxylation is 1. The van der Waals surface area contributed by atoms with E-state index in [1.165, 1.54) is 12.1 Å². The summed E-state index contributed by atoms with van der Waals surface area (Å²) in [6.07, 6.45) is -2.77. The standard InChI is InChI=1S/C14H14F3N3/c1-9-2-3-10(7-19-9)8-20-11-4-5-13(18)12(6-11)14(15,16)17/h2-7,20H,8,18H2,1H3. The van der Waals surface area contributed by atoms with E-state index in [9.17, 15) is 13.2 Å². The van der Waals surface area contributed by atoms with Crippen LogP contribution < -0.4 is 11.1 Å². The van der Waals surface area contributed by atoms with Gasteiger partial charge in [-0.15, -0.1) is 0 Å². The summed E-state index contributed by atoms with van der Waals surface area (Å²) in [7, 11) is 0. The van der Waals surface area contributed by atoms with Gasteiger partial charge in [0.1, 0.15) is 0 Å². The minimum Gasteiger partial charge on any atom is -0.398 e. The number of aromatic nitrogens is 1. The highest BCUT2D eigenvalue weighted by atomic mass is 19.4. The molecule has 0 atom stereocenters. The van der Waals surface area contributed by atoms with Crippen molar-refractivity contribution in [3.05, 3.63) is 53.3 Å². The van der Waals surface area contributed by atoms with Crippen LogP contribution in [0.1, 0.15) is 16.8 Å². The van der Waals surface area contributed by atoms with E-state index in [1.54, 1.807) is 6.20 Å². The number of benzene rings is 1. The van der Waals surface area contributed by atoms with E-state index >= 15 is 0 Å². The maximum atomic E-state index is 12.7. The summed E-state index contributed by atoms with van der Waals surface area (Å²) in [5, 5.41) is 2.92. The Morgan fingerprint density at radius 2 is 1.95 bits per heavy atom. The second kappa shape index (κ2) is 5.40. The van der Waals surface area contributed by atoms with Gasteiger partial charge in [-0.05, 0) is 36.8 Å². The van der Waals surface area contributed by atoms with Crippen LogP contribution in [0, 0.1) is 6.92 Å². The van der Waals surface area contributed by atoms with Gasteiger partial charge in [-0.3, -0.25) is 4.98 Å². The van der Waals surface area contributed by atoms with Gasteiger partial charge in [0.25, 0.3) is 0 Å². The third kappa shape index (κ3) is 3.40. The Hall–Kier alpha value is -2.24. The van der Waals surface area contributed by atoms with Crippen LogP contribution in [0.25, 0.3) is 0 Å². The van der Waals surface area contributed by atoms with Crippen LogP contribution >= 0.6 is 0 Å². The Balaban J connectivity index is 2.12. The van der Waals surface area contributed by atoms with Crippen molar-refractivity contribution < 1.29 is 13.2 Å². The number of alkyl halides is 3. The highest BCUT2D eigenvalue weighted by molar-refractivity contribution is 5.58. The van der Waals surface area contributed by atoms with E-state index < -0.39 is 11.7 Å². The molecule has 0 unspecified atom stereocenters. The number of hydrogen-bond donors (Lipinski definition) is 2. The second-order valence-corrected chi connectivity index (χ2v) is 4.46. The fraction of sp³-hybridized carbons (Fsp3) is 0.214. The first-order valence-corrected chi connectivity index (χ1v) is 5.98. The lowest BCUT2D eigenvalue weighted by molar-refractivity contribution is -0.136. The first-order chi connectivity index (χ1) is 9.36. The highest BCUT2D eigenvalue weighted by Crippen LogP contribution is 2.35. The average molecular weight is 281 g/mol. The minimum absolute atomic E-state index is 0.278. The van der Waals surface area contributed by atoms with Crippen LogP contribution in [0.5, 0.6) is 0 Å². The van der Waals surface area contributed by atoms with Crippen LogP contribution in [0.2, 0.25) is 0 Å². The molecule has 2 aromatic rings. The fourth-order valence-corrected chi connectivity index (χ4v) is 1.72. The molecule has 0 aliphatic heterocycles. The molecule has 1 aromatic heterocycles. The van der Waals surface area contributed by atoms with Gasteiger partial charge in [0, 0.05) is 29.8 Å². The molecule has 0 bridgehead atoms. The van der Waals surface area contributed by atoms with Gasteiger partial charge in [-0.1, -0.05) is 6.07 Å². The zero-order valence-corrected chi connectivity index (χ0v) is 10.8. The molecule has 0 saturated carbocycles. The zero-order chi connectivity index (χ0) is 14.8. The molecular formula is C14H14F3N3. The van der Waals surface area contributed by atoms with E-state index in [2.05, 4.69) is 10.3 Å². The number of pyridine rings is 1. The van der Waals surface area contributed by atoms with Crippen molar-refractivity contribution in [3.63, 3.8) is 0 Å². The smallest absolute Gasteiger partial charge is 0.398 e. The van der Waals surface area contributed by atoms with Gasteiger partial charge >= 0.3 is 6.18 Å². The molecule has 0 fully saturated rings. The predicted molar refractivity (Wildman–Crippen MR) is 72.2 cm³/mol. The third-order valence-corrected chi connectivity index (χ3v) is 2.83. The van der Waals surface area contributed by atoms with Crippen molar-refractivity contribution in [1.29, 1.82) is 0 Å². The van der Waals surface area contributed by atoms with Crippen LogP contribution in [-0.2, 0) is 12.7 Å². The van der Waals surface area contributed by atoms with Crippen molar-refractivity contribution in [2.75, 3.05) is 11.1 Å². The summed E-state index contributed by atoms with van der Waals surface area (Å²) in [6, 6.07) is 7.50. The lowest BCUT2D eigenvalue weighted by Gasteiger charge is -2.13. The number of nitrogen functional groups attached to an aromatic ring is 1. The molecule has 6 heteroatoms. The fourth-order valence-electron chi connectivity index (χ4n) is 1.72. The summed E-state index contributed by atoms with van der Waals surface area (Å²) in [5.74, 6) is 0. The molecule has 2 rings (SSSR count). The van der Waals surface area contributed by atoms with Crippen LogP contribution in [0.4, 0.5) is 24.5 Å². The summed E-state index contributed by atoms with van der Waals surface area (Å²) in [6.45, 7) is 2.27. The Morgan fingerprint density at radius 1 is 1.20 bits per heavy atom. The van der Waals surface area contributed by atoms with E-state index in [-0.39, 0.29) is 5.69 Å². The average Bonchev–Trinajstić information content (AvgIpc) is 2.38. The summed E-state index contributed by atoms with van der Waals surface area (Å²) >= 11 is 0. The number of halogens is 3. The van der Waals surface area contributed by atoms with Crippen molar-refractivity contribution in [3.8, 4) is 0 Å². The number of rotatable bonds is 3. The van der Waals surface area contributed by atoms with Crippen molar-refractivity contribution in [2.24, 2.45) is 0 Å². The zero-order valence-electron chi connectivity index (χ0n) is 10.8. The first-order valence-electron chi connectivity index (χ1n) is 5.98. The SMILES string of the molecule is Cc1ccc(CNc2ccc(N)c(C(F)(F)F)c2)cn1. The largest absolute Gasteiger partial charge is 0.418 e. The molecule has 0 radical (unpaired) electrons. The quantitative estimate of drug-likeness (QED) is 0.845. The van der Waals surface area contributed by atoms with Crippen LogP contribution in [-0.4, -0.2) is 4.98 Å². The molecule has 1 heterocycles. The van der Waals surface area contributed by atoms with Gasteiger partial charge < -0.3 is 11.1 Å². The molecule has 0 spiro atoms. The normalized spacial score (nSPS) is 11.4. The molecule has 3 N–H and O–H groups in total. The van der Waals surface area contributed by atoms with Gasteiger partial charge in [0.05, 0.1) is 5.56 Å². The topological polar surface area (TPSA) is 50.9 Å². The second-order valence-electron chi connectivity index (χ2n) is 4.46. The van der Waals surface area contributed by atoms with Gasteiger partial charge in [0.15, 0.2) is 0 Å². The number of anilines is 2. The van der Waals surface area contributed by atoms with E-state index in [0.29, 0.717) is 12.2 Å². The van der Waals surface area contributed by atoms with E-state index in [0.717, 1.165) is 17.3 Å². The Labute approximate surface area is 114 Å². The predicted octanol–water partition coefficient (Wildman–Crippen LogP) is 3.60. The Bertz CT molecular complexity index is 592. The minimum atomic E-state index is -4.45. The maximum Gasteiger partial charge on any atom is 0.418 e. The maximum absolute atomic E-state index is 12.7. The number of hydrogen-bond acceptors (Lipinski definition) is 3. The Kier molecular flexibility index (Phi) is 3.83. The summed E-state index contributed by atoms with van der Waals surface area (Å²) in [5.41, 5.74) is 6.38. The summed E-state index contributed by atoms with van der Waals surface area (Å²) < 4.78 is 38.2. The molecule has 0 saturated heterocycles. The van der Waals surface area contributed by atoms with E-state index in [4.69, 9.17) is 5.73 Å². The van der Waals surface area contributed by atoms with Crippen molar-refractivity contribution >= 4 is 11.4 Å². The monoisotopic (exact) mass is 281 g/mol. The van der Waals surface area contributed by atoms with E-state index in [1.807, 2.05) is 19.1 Å². The number of nitrogens with two attached hydrogens (primary N) is 1. The molecule has 0 amide bonds. The van der Waals surface area contributed by atoms with Crippen LogP contribution in [0.15, 0.2) is 36.5 Å². The first kappa shape index (κ1) is 14.2. The molecule has 3 nitrogen and oxygen atoms in total. The molecule has 0 aliphatic carbocycles. The Morgan fingerprint density at radius 3 is 2.55 bits per heavy atom. The van der Waals surface area contributed by atoms with Gasteiger partial charge in [-0.25, -0.2) is 0 Å². The van der Waals surface area contributed by atoms with Crippen molar-refractivity contribution in [2.45, 2.75) is 19.6 Å². The number of nitrogens with zero attached hydrogens (tertiary/aromatic N) is 1. The lowest BCUT2D eigenvalue weighted by Crippen LogP contribution is -2.10.